The standard InChI is InChI=1S/C56H66F10N8O8/c1-53(2,55(61,62)63)41(23-49(77)80-5)51(78)71-73(28-40-42(57)20-35(21-43(40)58)44(67)17-18-68-25-47(59)60)29-46(76)36(22-45(75)50(70-52(79)81-6)54(3,4)56(64,65)66)19-33-10-7-32(8-11-33)9-12-34-13-16-48(69-24-34)72-26-37-14-15-38(27-72)74(37)39-30-82-31-39/h7-8,10-11,13,16-18,20-21,24,36-39,41,46-47,50,76H,14-15,19,22-23,25-31,67H2,1-6H3,(H,70,79)(H,71,78)/t36-,37?,38?,41-,46+,50-/m1/s1. The zero-order valence-electron chi connectivity index (χ0n) is 45.9. The normalized spacial score (nSPS) is 18.8. The van der Waals surface area contributed by atoms with Crippen molar-refractivity contribution in [3.05, 3.63) is 100 Å². The van der Waals surface area contributed by atoms with Crippen molar-refractivity contribution in [2.75, 3.05) is 58.5 Å². The average molecular weight is 1170 g/mol. The van der Waals surface area contributed by atoms with Gasteiger partial charge in [-0.25, -0.2) is 32.3 Å². The van der Waals surface area contributed by atoms with Crippen LogP contribution in [0.15, 0.2) is 65.8 Å². The fraction of sp³-hybridized carbons (Fsp3) is 0.536. The number of nitrogens with one attached hydrogen (secondary N) is 2. The van der Waals surface area contributed by atoms with Crippen molar-refractivity contribution in [2.24, 2.45) is 33.4 Å². The van der Waals surface area contributed by atoms with Gasteiger partial charge in [-0.3, -0.25) is 29.7 Å². The molecule has 0 spiro atoms. The van der Waals surface area contributed by atoms with Crippen molar-refractivity contribution in [3.8, 4) is 11.8 Å². The van der Waals surface area contributed by atoms with Gasteiger partial charge in [0.25, 0.3) is 6.43 Å². The van der Waals surface area contributed by atoms with E-state index in [-0.39, 0.29) is 17.7 Å². The number of carbonyl (C=O) groups is 4. The van der Waals surface area contributed by atoms with Gasteiger partial charge in [-0.05, 0) is 87.1 Å². The first-order chi connectivity index (χ1) is 38.4. The van der Waals surface area contributed by atoms with E-state index in [0.717, 1.165) is 71.5 Å². The number of anilines is 1. The number of alkyl halides is 8. The quantitative estimate of drug-likeness (QED) is 0.0239. The van der Waals surface area contributed by atoms with E-state index in [2.05, 4.69) is 46.5 Å². The highest BCUT2D eigenvalue weighted by Crippen LogP contribution is 2.46. The van der Waals surface area contributed by atoms with Crippen molar-refractivity contribution in [2.45, 2.75) is 115 Å². The fourth-order valence-electron chi connectivity index (χ4n) is 10.0. The number of aliphatic hydroxyl groups is 1. The van der Waals surface area contributed by atoms with Crippen LogP contribution in [0, 0.1) is 46.1 Å². The number of nitrogens with two attached hydrogens (primary N) is 1. The van der Waals surface area contributed by atoms with Gasteiger partial charge >= 0.3 is 24.4 Å². The summed E-state index contributed by atoms with van der Waals surface area (Å²) in [4.78, 5) is 66.2. The van der Waals surface area contributed by atoms with Gasteiger partial charge in [0, 0.05) is 85.0 Å². The van der Waals surface area contributed by atoms with Gasteiger partial charge in [-0.1, -0.05) is 37.8 Å². The molecule has 2 aromatic carbocycles. The number of halogens is 10. The molecule has 2 bridgehead atoms. The second-order valence-corrected chi connectivity index (χ2v) is 21.6. The molecule has 26 heteroatoms. The lowest BCUT2D eigenvalue weighted by molar-refractivity contribution is -0.231. The summed E-state index contributed by atoms with van der Waals surface area (Å²) in [6.07, 6.45) is -13.3. The first kappa shape index (κ1) is 64.3. The molecule has 3 fully saturated rings. The summed E-state index contributed by atoms with van der Waals surface area (Å²) in [5.41, 5.74) is 1.94. The molecule has 448 valence electrons. The maximum Gasteiger partial charge on any atom is 0.407 e. The Kier molecular flexibility index (Phi) is 21.2. The summed E-state index contributed by atoms with van der Waals surface area (Å²) in [6, 6.07) is 10.3. The number of aliphatic hydroxyl groups excluding tert-OH is 1. The van der Waals surface area contributed by atoms with Crippen molar-refractivity contribution in [3.63, 3.8) is 0 Å². The third-order valence-corrected chi connectivity index (χ3v) is 15.3. The van der Waals surface area contributed by atoms with Gasteiger partial charge in [0.15, 0.2) is 5.78 Å². The molecule has 3 aliphatic heterocycles. The minimum Gasteiger partial charge on any atom is -0.469 e. The number of allylic oxidation sites excluding steroid dienone is 1. The highest BCUT2D eigenvalue weighted by atomic mass is 19.4. The van der Waals surface area contributed by atoms with E-state index in [9.17, 15) is 59.4 Å². The minimum absolute atomic E-state index is 0.326. The number of piperazine rings is 1. The van der Waals surface area contributed by atoms with Crippen LogP contribution in [0.4, 0.5) is 54.5 Å². The van der Waals surface area contributed by atoms with Gasteiger partial charge in [0.1, 0.15) is 23.5 Å². The van der Waals surface area contributed by atoms with Crippen LogP contribution in [0.5, 0.6) is 0 Å². The second kappa shape index (κ2) is 27.1. The molecule has 0 saturated carbocycles. The number of methoxy groups -OCH3 is 2. The molecule has 2 unspecified atom stereocenters. The average Bonchev–Trinajstić information content (AvgIpc) is 3.28. The predicted octanol–water partition coefficient (Wildman–Crippen LogP) is 7.54. The predicted molar refractivity (Wildman–Crippen MR) is 281 cm³/mol. The Morgan fingerprint density at radius 3 is 2.00 bits per heavy atom. The van der Waals surface area contributed by atoms with Crippen molar-refractivity contribution in [1.29, 1.82) is 0 Å². The summed E-state index contributed by atoms with van der Waals surface area (Å²) in [6.45, 7) is 2.67. The number of Topliss-reactive ketones (excluding diaryl/α,β-unsaturated/α-hetero) is 1. The molecule has 2 amide bonds. The highest BCUT2D eigenvalue weighted by molar-refractivity contribution is 5.89. The van der Waals surface area contributed by atoms with Crippen LogP contribution in [-0.4, -0.2) is 153 Å². The molecule has 4 heterocycles. The molecule has 5 N–H and O–H groups in total. The summed E-state index contributed by atoms with van der Waals surface area (Å²) in [7, 11) is 1.70. The van der Waals surface area contributed by atoms with Crippen LogP contribution in [0.25, 0.3) is 5.70 Å². The summed E-state index contributed by atoms with van der Waals surface area (Å²) in [5.74, 6) is -3.75. The van der Waals surface area contributed by atoms with E-state index in [1.165, 1.54) is 12.1 Å². The lowest BCUT2D eigenvalue weighted by Crippen LogP contribution is -2.62. The molecule has 0 aliphatic carbocycles. The molecular formula is C56H66F10N8O8. The third kappa shape index (κ3) is 16.0. The number of ketones is 1. The number of ether oxygens (including phenoxy) is 3. The number of benzene rings is 2. The number of alkyl carbamates (subject to hydrolysis) is 1. The van der Waals surface area contributed by atoms with Gasteiger partial charge < -0.3 is 35.3 Å². The van der Waals surface area contributed by atoms with Gasteiger partial charge in [0.05, 0.1) is 69.3 Å². The number of rotatable bonds is 23. The number of hydrazine groups is 1. The molecule has 1 aromatic heterocycles. The molecule has 16 nitrogen and oxygen atoms in total. The monoisotopic (exact) mass is 1170 g/mol. The molecule has 82 heavy (non-hydrogen) atoms. The first-order valence-corrected chi connectivity index (χ1v) is 26.1. The van der Waals surface area contributed by atoms with Gasteiger partial charge in [-0.15, -0.1) is 0 Å². The maximum absolute atomic E-state index is 16.0. The Morgan fingerprint density at radius 2 is 1.48 bits per heavy atom. The maximum atomic E-state index is 16.0. The fourth-order valence-corrected chi connectivity index (χ4v) is 10.0. The van der Waals surface area contributed by atoms with E-state index in [1.807, 2.05) is 17.4 Å². The number of pyridine rings is 1. The number of fused-ring (bicyclic) bond motifs is 2. The van der Waals surface area contributed by atoms with Crippen molar-refractivity contribution in [1.82, 2.24) is 25.6 Å². The molecule has 0 radical (unpaired) electrons. The van der Waals surface area contributed by atoms with Crippen LogP contribution in [0.3, 0.4) is 0 Å². The van der Waals surface area contributed by atoms with Crippen LogP contribution in [0.2, 0.25) is 0 Å². The van der Waals surface area contributed by atoms with E-state index >= 15 is 8.78 Å². The SMILES string of the molecule is COC(=O)C[C@H](C(=O)NN(Cc1c(F)cc(C(N)=CC=NCC(F)F)cc1F)C[C@H](O)[C@@H](CC(=O)[C@@H](NC(=O)OC)C(C)(C)C(F)(F)F)Cc1ccc(C#Cc2ccc(N3CC4CCC(C3)N4C3COC3)nc2)cc1)C(C)(C)C(F)(F)F. The Labute approximate surface area is 467 Å². The highest BCUT2D eigenvalue weighted by Gasteiger charge is 2.57. The summed E-state index contributed by atoms with van der Waals surface area (Å²) < 4.78 is 159. The van der Waals surface area contributed by atoms with E-state index in [0.29, 0.717) is 79.7 Å². The molecule has 3 saturated heterocycles. The smallest absolute Gasteiger partial charge is 0.407 e. The molecule has 3 aromatic rings. The van der Waals surface area contributed by atoms with Crippen molar-refractivity contribution < 1.29 is 82.4 Å². The minimum atomic E-state index is -5.16. The van der Waals surface area contributed by atoms with Crippen LogP contribution in [-0.2, 0) is 41.6 Å². The number of nitrogens with zero attached hydrogens (tertiary/aromatic N) is 5. The number of carbonyl (C=O) groups excluding carboxylic acids is 4. The molecule has 6 atom stereocenters. The lowest BCUT2D eigenvalue weighted by Gasteiger charge is -2.47. The van der Waals surface area contributed by atoms with Crippen LogP contribution in [0.1, 0.15) is 81.2 Å². The largest absolute Gasteiger partial charge is 0.469 e. The zero-order chi connectivity index (χ0) is 60.5. The van der Waals surface area contributed by atoms with E-state index < -0.39 is 127 Å². The summed E-state index contributed by atoms with van der Waals surface area (Å²) in [5, 5.41) is 14.7. The number of aromatic nitrogens is 1. The number of hydrogen-bond acceptors (Lipinski definition) is 14. The molecule has 6 rings (SSSR count). The zero-order valence-corrected chi connectivity index (χ0v) is 45.9. The van der Waals surface area contributed by atoms with Crippen LogP contribution < -0.4 is 21.4 Å². The Hall–Kier alpha value is -6.82. The summed E-state index contributed by atoms with van der Waals surface area (Å²) >= 11 is 0. The Bertz CT molecular complexity index is 2820. The Morgan fingerprint density at radius 1 is 0.878 bits per heavy atom. The Balaban J connectivity index is 1.31. The van der Waals surface area contributed by atoms with E-state index in [4.69, 9.17) is 10.5 Å². The molecular weight excluding hydrogens is 1100 g/mol. The second-order valence-electron chi connectivity index (χ2n) is 21.6. The van der Waals surface area contributed by atoms with E-state index in [1.54, 1.807) is 18.3 Å². The van der Waals surface area contributed by atoms with Gasteiger partial charge in [-0.2, -0.15) is 26.3 Å². The number of hydrogen-bond donors (Lipinski definition) is 4. The van der Waals surface area contributed by atoms with Gasteiger partial charge in [0.2, 0.25) is 5.91 Å². The van der Waals surface area contributed by atoms with Crippen LogP contribution >= 0.6 is 0 Å². The number of esters is 1. The number of aliphatic imine (C=N–C) groups is 1. The van der Waals surface area contributed by atoms with Crippen molar-refractivity contribution >= 4 is 41.5 Å². The molecule has 3 aliphatic rings. The number of amides is 2. The lowest BCUT2D eigenvalue weighted by atomic mass is 9.75. The topological polar surface area (TPSA) is 201 Å². The first-order valence-electron chi connectivity index (χ1n) is 26.1. The third-order valence-electron chi connectivity index (χ3n) is 15.3.